The van der Waals surface area contributed by atoms with Gasteiger partial charge >= 0.3 is 6.03 Å². The number of hydrogen-bond acceptors (Lipinski definition) is 4. The summed E-state index contributed by atoms with van der Waals surface area (Å²) in [5.74, 6) is 2.26. The zero-order valence-corrected chi connectivity index (χ0v) is 16.7. The Kier molecular flexibility index (Phi) is 8.72. The minimum Gasteiger partial charge on any atom is -0.497 e. The van der Waals surface area contributed by atoms with Crippen LogP contribution in [-0.2, 0) is 6.42 Å². The number of amides is 2. The minimum atomic E-state index is -0.249. The molecule has 0 aliphatic rings. The maximum absolute atomic E-state index is 11.9. The molecule has 0 aromatic heterocycles. The van der Waals surface area contributed by atoms with Gasteiger partial charge in [-0.05, 0) is 61.7 Å². The van der Waals surface area contributed by atoms with Crippen molar-refractivity contribution in [1.82, 2.24) is 10.6 Å². The first-order chi connectivity index (χ1) is 13.7. The lowest BCUT2D eigenvalue weighted by atomic mass is 10.1. The van der Waals surface area contributed by atoms with Crippen LogP contribution in [0.3, 0.4) is 0 Å². The Labute approximate surface area is 166 Å². The first-order valence-electron chi connectivity index (χ1n) is 9.39. The second-order valence-corrected chi connectivity index (χ2v) is 5.90. The molecule has 0 spiro atoms. The first-order valence-corrected chi connectivity index (χ1v) is 9.39. The van der Waals surface area contributed by atoms with Crippen molar-refractivity contribution in [3.05, 3.63) is 59.8 Å². The van der Waals surface area contributed by atoms with E-state index >= 15 is 0 Å². The van der Waals surface area contributed by atoms with Crippen molar-refractivity contribution >= 4 is 12.1 Å². The summed E-state index contributed by atoms with van der Waals surface area (Å²) in [6.07, 6.45) is 4.13. The van der Waals surface area contributed by atoms with E-state index in [4.69, 9.17) is 14.2 Å². The van der Waals surface area contributed by atoms with Crippen LogP contribution in [0.2, 0.25) is 0 Å². The molecule has 150 valence electrons. The lowest BCUT2D eigenvalue weighted by Crippen LogP contribution is -2.33. The maximum Gasteiger partial charge on any atom is 0.318 e. The molecule has 0 unspecified atom stereocenters. The van der Waals surface area contributed by atoms with Crippen LogP contribution < -0.4 is 24.8 Å². The molecule has 0 aliphatic carbocycles. The lowest BCUT2D eigenvalue weighted by molar-refractivity contribution is 0.244. The van der Waals surface area contributed by atoms with E-state index in [1.165, 1.54) is 0 Å². The number of methoxy groups -OCH3 is 1. The third-order valence-corrected chi connectivity index (χ3v) is 3.91. The number of ether oxygens (including phenoxy) is 3. The number of carbonyl (C=O) groups is 1. The molecular formula is C22H28N2O4. The molecule has 0 heterocycles. The Morgan fingerprint density at radius 2 is 1.71 bits per heavy atom. The fourth-order valence-electron chi connectivity index (χ4n) is 2.55. The molecule has 2 N–H and O–H groups in total. The average molecular weight is 384 g/mol. The van der Waals surface area contributed by atoms with Crippen LogP contribution in [-0.4, -0.2) is 32.9 Å². The van der Waals surface area contributed by atoms with Gasteiger partial charge in [-0.1, -0.05) is 18.2 Å². The van der Waals surface area contributed by atoms with E-state index in [1.807, 2.05) is 62.4 Å². The van der Waals surface area contributed by atoms with Gasteiger partial charge in [0.05, 0.1) is 20.3 Å². The molecule has 0 radical (unpaired) electrons. The van der Waals surface area contributed by atoms with Gasteiger partial charge in [-0.25, -0.2) is 4.79 Å². The Bertz CT molecular complexity index is 773. The molecule has 0 fully saturated rings. The van der Waals surface area contributed by atoms with E-state index in [2.05, 4.69) is 10.6 Å². The molecule has 0 saturated carbocycles. The summed E-state index contributed by atoms with van der Waals surface area (Å²) in [5.41, 5.74) is 2.04. The fraction of sp³-hybridized carbons (Fsp3) is 0.318. The van der Waals surface area contributed by atoms with E-state index < -0.39 is 0 Å². The fourth-order valence-corrected chi connectivity index (χ4v) is 2.55. The van der Waals surface area contributed by atoms with Crippen molar-refractivity contribution in [3.63, 3.8) is 0 Å². The van der Waals surface area contributed by atoms with Gasteiger partial charge in [-0.15, -0.1) is 0 Å². The molecule has 2 amide bonds. The average Bonchev–Trinajstić information content (AvgIpc) is 2.71. The highest BCUT2D eigenvalue weighted by atomic mass is 16.5. The topological polar surface area (TPSA) is 68.8 Å². The van der Waals surface area contributed by atoms with Crippen molar-refractivity contribution in [1.29, 1.82) is 0 Å². The number of carbonyl (C=O) groups excluding carboxylic acids is 1. The largest absolute Gasteiger partial charge is 0.497 e. The van der Waals surface area contributed by atoms with Crippen molar-refractivity contribution in [2.24, 2.45) is 0 Å². The quantitative estimate of drug-likeness (QED) is 0.650. The molecular weight excluding hydrogens is 356 g/mol. The van der Waals surface area contributed by atoms with Gasteiger partial charge in [-0.3, -0.25) is 0 Å². The van der Waals surface area contributed by atoms with E-state index in [1.54, 1.807) is 13.3 Å². The smallest absolute Gasteiger partial charge is 0.318 e. The molecule has 0 saturated heterocycles. The van der Waals surface area contributed by atoms with Crippen LogP contribution >= 0.6 is 0 Å². The van der Waals surface area contributed by atoms with E-state index in [0.29, 0.717) is 26.2 Å². The Balaban J connectivity index is 1.78. The van der Waals surface area contributed by atoms with Gasteiger partial charge in [0.1, 0.15) is 5.75 Å². The summed E-state index contributed by atoms with van der Waals surface area (Å²) in [5, 5.41) is 5.53. The highest BCUT2D eigenvalue weighted by Gasteiger charge is 2.06. The minimum absolute atomic E-state index is 0.249. The summed E-state index contributed by atoms with van der Waals surface area (Å²) < 4.78 is 16.3. The van der Waals surface area contributed by atoms with Crippen LogP contribution in [0.5, 0.6) is 17.2 Å². The van der Waals surface area contributed by atoms with E-state index in [9.17, 15) is 4.79 Å². The summed E-state index contributed by atoms with van der Waals surface area (Å²) in [7, 11) is 1.63. The van der Waals surface area contributed by atoms with E-state index in [-0.39, 0.29) is 6.03 Å². The number of urea groups is 1. The predicted octanol–water partition coefficient (Wildman–Crippen LogP) is 4.01. The van der Waals surface area contributed by atoms with Gasteiger partial charge in [-0.2, -0.15) is 0 Å². The second kappa shape index (κ2) is 11.5. The zero-order valence-electron chi connectivity index (χ0n) is 16.7. The lowest BCUT2D eigenvalue weighted by Gasteiger charge is -2.12. The summed E-state index contributed by atoms with van der Waals surface area (Å²) in [6.45, 7) is 5.56. The molecule has 6 heteroatoms. The number of nitrogens with one attached hydrogen (secondary N) is 2. The van der Waals surface area contributed by atoms with Gasteiger partial charge in [0.2, 0.25) is 0 Å². The second-order valence-electron chi connectivity index (χ2n) is 5.90. The van der Waals surface area contributed by atoms with Crippen LogP contribution in [0, 0.1) is 0 Å². The number of benzene rings is 2. The SMILES string of the molecule is CCOc1ccc(CCNC(=O)N/C=C/c2ccc(OC)cc2)cc1OCC. The zero-order chi connectivity index (χ0) is 20.2. The molecule has 6 nitrogen and oxygen atoms in total. The predicted molar refractivity (Wildman–Crippen MR) is 111 cm³/mol. The molecule has 0 aliphatic heterocycles. The molecule has 0 atom stereocenters. The van der Waals surface area contributed by atoms with Gasteiger partial charge in [0, 0.05) is 12.7 Å². The summed E-state index contributed by atoms with van der Waals surface area (Å²) in [4.78, 5) is 11.9. The van der Waals surface area contributed by atoms with Crippen LogP contribution in [0.15, 0.2) is 48.7 Å². The van der Waals surface area contributed by atoms with Crippen molar-refractivity contribution in [2.45, 2.75) is 20.3 Å². The highest BCUT2D eigenvalue weighted by molar-refractivity contribution is 5.75. The summed E-state index contributed by atoms with van der Waals surface area (Å²) >= 11 is 0. The molecule has 0 bridgehead atoms. The highest BCUT2D eigenvalue weighted by Crippen LogP contribution is 2.28. The Morgan fingerprint density at radius 1 is 1.00 bits per heavy atom. The van der Waals surface area contributed by atoms with Crippen LogP contribution in [0.4, 0.5) is 4.79 Å². The Morgan fingerprint density at radius 3 is 2.39 bits per heavy atom. The van der Waals surface area contributed by atoms with E-state index in [0.717, 1.165) is 28.4 Å². The van der Waals surface area contributed by atoms with Crippen molar-refractivity contribution < 1.29 is 19.0 Å². The molecule has 2 aromatic rings. The molecule has 28 heavy (non-hydrogen) atoms. The normalized spacial score (nSPS) is 10.5. The third-order valence-electron chi connectivity index (χ3n) is 3.91. The van der Waals surface area contributed by atoms with Crippen LogP contribution in [0.1, 0.15) is 25.0 Å². The third kappa shape index (κ3) is 6.87. The van der Waals surface area contributed by atoms with Gasteiger partial charge in [0.15, 0.2) is 11.5 Å². The van der Waals surface area contributed by atoms with Gasteiger partial charge in [0.25, 0.3) is 0 Å². The molecule has 2 rings (SSSR count). The monoisotopic (exact) mass is 384 g/mol. The molecule has 2 aromatic carbocycles. The van der Waals surface area contributed by atoms with Crippen molar-refractivity contribution in [2.75, 3.05) is 26.9 Å². The van der Waals surface area contributed by atoms with Crippen molar-refractivity contribution in [3.8, 4) is 17.2 Å². The number of hydrogen-bond donors (Lipinski definition) is 2. The first kappa shape index (κ1) is 21.2. The Hall–Kier alpha value is -3.15. The van der Waals surface area contributed by atoms with Gasteiger partial charge < -0.3 is 24.8 Å². The number of rotatable bonds is 10. The maximum atomic E-state index is 11.9. The standard InChI is InChI=1S/C22H28N2O4/c1-4-27-20-11-8-18(16-21(20)28-5-2)13-15-24-22(25)23-14-12-17-6-9-19(26-3)10-7-17/h6-12,14,16H,4-5,13,15H2,1-3H3,(H2,23,24,25)/b14-12+. The van der Waals surface area contributed by atoms with Crippen LogP contribution in [0.25, 0.3) is 6.08 Å². The summed E-state index contributed by atoms with van der Waals surface area (Å²) in [6, 6.07) is 13.2.